The van der Waals surface area contributed by atoms with Crippen LogP contribution in [0.5, 0.6) is 0 Å². The molecule has 1 N–H and O–H groups in total. The number of carbonyl (C=O) groups is 2. The van der Waals surface area contributed by atoms with Crippen LogP contribution in [-0.2, 0) is 4.74 Å². The standard InChI is InChI=1S/C16H12BrClN2O3/c17-10-4-5-14(18)13(8-10)15(21)19-11-2-1-3-12(9-11)20-6-7-23-16(20)22/h1-5,8-9H,6-7H2,(H,19,21). The van der Waals surface area contributed by atoms with Gasteiger partial charge in [-0.1, -0.05) is 33.6 Å². The van der Waals surface area contributed by atoms with Crippen LogP contribution >= 0.6 is 27.5 Å². The number of anilines is 2. The highest BCUT2D eigenvalue weighted by Crippen LogP contribution is 2.25. The predicted molar refractivity (Wildman–Crippen MR) is 92.2 cm³/mol. The van der Waals surface area contributed by atoms with Crippen molar-refractivity contribution in [3.05, 3.63) is 57.5 Å². The van der Waals surface area contributed by atoms with Gasteiger partial charge in [0.15, 0.2) is 0 Å². The van der Waals surface area contributed by atoms with Crippen molar-refractivity contribution in [2.75, 3.05) is 23.4 Å². The summed E-state index contributed by atoms with van der Waals surface area (Å²) in [4.78, 5) is 25.5. The molecule has 0 unspecified atom stereocenters. The Hall–Kier alpha value is -2.05. The highest BCUT2D eigenvalue weighted by Gasteiger charge is 2.23. The zero-order chi connectivity index (χ0) is 16.4. The molecule has 23 heavy (non-hydrogen) atoms. The zero-order valence-corrected chi connectivity index (χ0v) is 14.2. The van der Waals surface area contributed by atoms with Crippen LogP contribution in [0.1, 0.15) is 10.4 Å². The Kier molecular flexibility index (Phi) is 4.54. The lowest BCUT2D eigenvalue weighted by Gasteiger charge is -2.14. The number of amides is 2. The molecule has 0 radical (unpaired) electrons. The summed E-state index contributed by atoms with van der Waals surface area (Å²) in [5.74, 6) is -0.322. The van der Waals surface area contributed by atoms with Gasteiger partial charge >= 0.3 is 6.09 Å². The molecule has 118 valence electrons. The van der Waals surface area contributed by atoms with E-state index in [-0.39, 0.29) is 12.0 Å². The molecule has 1 fully saturated rings. The molecule has 1 saturated heterocycles. The molecule has 2 aromatic carbocycles. The minimum absolute atomic E-state index is 0.322. The summed E-state index contributed by atoms with van der Waals surface area (Å²) in [7, 11) is 0. The number of hydrogen-bond acceptors (Lipinski definition) is 3. The Morgan fingerprint density at radius 2 is 2.09 bits per heavy atom. The molecule has 1 aliphatic heterocycles. The lowest BCUT2D eigenvalue weighted by Crippen LogP contribution is -2.23. The Labute approximate surface area is 146 Å². The maximum absolute atomic E-state index is 12.4. The first-order chi connectivity index (χ1) is 11.0. The quantitative estimate of drug-likeness (QED) is 0.842. The van der Waals surface area contributed by atoms with Crippen LogP contribution in [0.3, 0.4) is 0 Å². The fourth-order valence-corrected chi connectivity index (χ4v) is 2.81. The number of hydrogen-bond donors (Lipinski definition) is 1. The SMILES string of the molecule is O=C(Nc1cccc(N2CCOC2=O)c1)c1cc(Br)ccc1Cl. The predicted octanol–water partition coefficient (Wildman–Crippen LogP) is 4.31. The second kappa shape index (κ2) is 6.60. The van der Waals surface area contributed by atoms with E-state index in [1.54, 1.807) is 42.5 Å². The van der Waals surface area contributed by atoms with E-state index >= 15 is 0 Å². The maximum Gasteiger partial charge on any atom is 0.414 e. The molecule has 0 aliphatic carbocycles. The lowest BCUT2D eigenvalue weighted by atomic mass is 10.2. The molecule has 0 aromatic heterocycles. The monoisotopic (exact) mass is 394 g/mol. The molecule has 0 spiro atoms. The third kappa shape index (κ3) is 3.48. The molecule has 5 nitrogen and oxygen atoms in total. The molecule has 1 heterocycles. The third-order valence-electron chi connectivity index (χ3n) is 3.35. The van der Waals surface area contributed by atoms with Gasteiger partial charge in [0.05, 0.1) is 17.1 Å². The Morgan fingerprint density at radius 3 is 2.83 bits per heavy atom. The third-order valence-corrected chi connectivity index (χ3v) is 4.17. The van der Waals surface area contributed by atoms with Gasteiger partial charge in [-0.05, 0) is 36.4 Å². The van der Waals surface area contributed by atoms with Gasteiger partial charge in [-0.2, -0.15) is 0 Å². The number of cyclic esters (lactones) is 1. The van der Waals surface area contributed by atoms with E-state index in [2.05, 4.69) is 21.2 Å². The number of rotatable bonds is 3. The number of carbonyl (C=O) groups excluding carboxylic acids is 2. The number of ether oxygens (including phenoxy) is 1. The highest BCUT2D eigenvalue weighted by molar-refractivity contribution is 9.10. The number of nitrogens with one attached hydrogen (secondary N) is 1. The molecule has 1 aliphatic rings. The first-order valence-corrected chi connectivity index (χ1v) is 8.02. The van der Waals surface area contributed by atoms with Crippen molar-refractivity contribution in [1.29, 1.82) is 0 Å². The summed E-state index contributed by atoms with van der Waals surface area (Å²) in [6.07, 6.45) is -0.386. The van der Waals surface area contributed by atoms with Crippen molar-refractivity contribution in [3.8, 4) is 0 Å². The van der Waals surface area contributed by atoms with E-state index in [1.165, 1.54) is 4.90 Å². The van der Waals surface area contributed by atoms with Crippen LogP contribution < -0.4 is 10.2 Å². The summed E-state index contributed by atoms with van der Waals surface area (Å²) in [6, 6.07) is 12.1. The van der Waals surface area contributed by atoms with Gasteiger partial charge in [-0.3, -0.25) is 9.69 Å². The topological polar surface area (TPSA) is 58.6 Å². The molecular formula is C16H12BrClN2O3. The second-order valence-corrected chi connectivity index (χ2v) is 6.22. The summed E-state index contributed by atoms with van der Waals surface area (Å²) in [6.45, 7) is 0.858. The highest BCUT2D eigenvalue weighted by atomic mass is 79.9. The molecule has 7 heteroatoms. The fraction of sp³-hybridized carbons (Fsp3) is 0.125. The molecule has 2 aromatic rings. The van der Waals surface area contributed by atoms with Gasteiger partial charge in [0, 0.05) is 15.8 Å². The minimum Gasteiger partial charge on any atom is -0.447 e. The van der Waals surface area contributed by atoms with Crippen molar-refractivity contribution < 1.29 is 14.3 Å². The van der Waals surface area contributed by atoms with Gasteiger partial charge < -0.3 is 10.1 Å². The Balaban J connectivity index is 1.81. The second-order valence-electron chi connectivity index (χ2n) is 4.89. The van der Waals surface area contributed by atoms with Crippen LogP contribution in [0.4, 0.5) is 16.2 Å². The first-order valence-electron chi connectivity index (χ1n) is 6.85. The molecule has 3 rings (SSSR count). The summed E-state index contributed by atoms with van der Waals surface area (Å²) in [5, 5.41) is 3.15. The minimum atomic E-state index is -0.386. The molecule has 2 amide bonds. The van der Waals surface area contributed by atoms with Crippen molar-refractivity contribution >= 4 is 50.9 Å². The van der Waals surface area contributed by atoms with E-state index in [0.29, 0.717) is 35.1 Å². The summed E-state index contributed by atoms with van der Waals surface area (Å²) in [5.41, 5.74) is 1.61. The van der Waals surface area contributed by atoms with Gasteiger partial charge in [0.1, 0.15) is 6.61 Å². The number of benzene rings is 2. The average Bonchev–Trinajstić information content (AvgIpc) is 2.96. The van der Waals surface area contributed by atoms with E-state index < -0.39 is 0 Å². The smallest absolute Gasteiger partial charge is 0.414 e. The molecule has 0 atom stereocenters. The summed E-state index contributed by atoms with van der Waals surface area (Å²) < 4.78 is 5.68. The molecule has 0 bridgehead atoms. The van der Waals surface area contributed by atoms with Gasteiger partial charge in [0.2, 0.25) is 0 Å². The van der Waals surface area contributed by atoms with Crippen molar-refractivity contribution in [1.82, 2.24) is 0 Å². The van der Waals surface area contributed by atoms with E-state index in [0.717, 1.165) is 4.47 Å². The van der Waals surface area contributed by atoms with E-state index in [1.807, 2.05) is 0 Å². The van der Waals surface area contributed by atoms with Crippen LogP contribution in [0, 0.1) is 0 Å². The van der Waals surface area contributed by atoms with Crippen LogP contribution in [0.15, 0.2) is 46.9 Å². The average molecular weight is 396 g/mol. The molecule has 0 saturated carbocycles. The van der Waals surface area contributed by atoms with Crippen molar-refractivity contribution in [2.45, 2.75) is 0 Å². The summed E-state index contributed by atoms with van der Waals surface area (Å²) >= 11 is 9.38. The number of nitrogens with zero attached hydrogens (tertiary/aromatic N) is 1. The fourth-order valence-electron chi connectivity index (χ4n) is 2.25. The van der Waals surface area contributed by atoms with E-state index in [9.17, 15) is 9.59 Å². The Morgan fingerprint density at radius 1 is 1.26 bits per heavy atom. The van der Waals surface area contributed by atoms with Gasteiger partial charge in [-0.25, -0.2) is 4.79 Å². The van der Waals surface area contributed by atoms with Crippen LogP contribution in [0.25, 0.3) is 0 Å². The van der Waals surface area contributed by atoms with Gasteiger partial charge in [0.25, 0.3) is 5.91 Å². The first kappa shape index (κ1) is 15.8. The zero-order valence-electron chi connectivity index (χ0n) is 11.9. The van der Waals surface area contributed by atoms with E-state index in [4.69, 9.17) is 16.3 Å². The van der Waals surface area contributed by atoms with Crippen molar-refractivity contribution in [2.24, 2.45) is 0 Å². The lowest BCUT2D eigenvalue weighted by molar-refractivity contribution is 0.102. The van der Waals surface area contributed by atoms with Crippen LogP contribution in [-0.4, -0.2) is 25.2 Å². The van der Waals surface area contributed by atoms with Gasteiger partial charge in [-0.15, -0.1) is 0 Å². The van der Waals surface area contributed by atoms with Crippen molar-refractivity contribution in [3.63, 3.8) is 0 Å². The molecular weight excluding hydrogens is 384 g/mol. The van der Waals surface area contributed by atoms with Crippen LogP contribution in [0.2, 0.25) is 5.02 Å². The Bertz CT molecular complexity index is 782. The largest absolute Gasteiger partial charge is 0.447 e. The normalized spacial score (nSPS) is 13.8. The number of halogens is 2. The maximum atomic E-state index is 12.4.